The zero-order chi connectivity index (χ0) is 16.6. The summed E-state index contributed by atoms with van der Waals surface area (Å²) in [5, 5.41) is 0.633. The molecule has 0 radical (unpaired) electrons. The number of hydrogen-bond donors (Lipinski definition) is 0. The predicted molar refractivity (Wildman–Crippen MR) is 90.3 cm³/mol. The van der Waals surface area contributed by atoms with Crippen molar-refractivity contribution in [2.24, 2.45) is 5.41 Å². The Bertz CT molecular complexity index is 385. The highest BCUT2D eigenvalue weighted by Gasteiger charge is 2.51. The Hall–Kier alpha value is -0.430. The van der Waals surface area contributed by atoms with Gasteiger partial charge in [-0.3, -0.25) is 0 Å². The second-order valence-corrected chi connectivity index (χ2v) is 7.06. The van der Waals surface area contributed by atoms with Gasteiger partial charge >= 0.3 is 5.97 Å². The molecule has 3 aliphatic heterocycles. The maximum absolute atomic E-state index is 11.6. The van der Waals surface area contributed by atoms with Crippen molar-refractivity contribution in [3.63, 3.8) is 0 Å². The molecule has 3 fully saturated rings. The number of carbonyl (C=O) groups excluding carboxylic acids is 1. The predicted octanol–water partition coefficient (Wildman–Crippen LogP) is 3.56. The summed E-state index contributed by atoms with van der Waals surface area (Å²) in [6.07, 6.45) is 9.99. The highest BCUT2D eigenvalue weighted by molar-refractivity contribution is 9.09. The van der Waals surface area contributed by atoms with Crippen LogP contribution in [0.15, 0.2) is 12.2 Å². The number of ether oxygens (including phenoxy) is 4. The van der Waals surface area contributed by atoms with Gasteiger partial charge in [-0.05, 0) is 6.42 Å². The van der Waals surface area contributed by atoms with Crippen LogP contribution >= 0.6 is 15.9 Å². The minimum Gasteiger partial charge on any atom is -0.462 e. The molecule has 6 heteroatoms. The fraction of sp³-hybridized carbons (Fsp3) is 0.824. The monoisotopic (exact) mass is 390 g/mol. The number of carbonyl (C=O) groups is 1. The second kappa shape index (κ2) is 9.16. The van der Waals surface area contributed by atoms with Crippen molar-refractivity contribution in [1.29, 1.82) is 0 Å². The normalized spacial score (nSPS) is 30.0. The van der Waals surface area contributed by atoms with E-state index >= 15 is 0 Å². The first kappa shape index (κ1) is 18.9. The minimum atomic E-state index is -0.863. The Labute approximate surface area is 146 Å². The van der Waals surface area contributed by atoms with E-state index in [-0.39, 0.29) is 11.4 Å². The molecular weight excluding hydrogens is 364 g/mol. The van der Waals surface area contributed by atoms with Gasteiger partial charge in [-0.15, -0.1) is 0 Å². The molecule has 3 saturated heterocycles. The molecule has 3 heterocycles. The first-order valence-electron chi connectivity index (χ1n) is 8.47. The van der Waals surface area contributed by atoms with E-state index in [4.69, 9.17) is 18.9 Å². The number of rotatable bonds is 10. The fourth-order valence-corrected chi connectivity index (χ4v) is 2.91. The third kappa shape index (κ3) is 5.55. The SMILES string of the molecule is CCCCCCCC12OCC(/C=C/C(=O)OCCBr)(CO1)CO2. The van der Waals surface area contributed by atoms with Crippen LogP contribution in [0.25, 0.3) is 0 Å². The number of halogens is 1. The molecule has 0 amide bonds. The number of esters is 1. The smallest absolute Gasteiger partial charge is 0.330 e. The van der Waals surface area contributed by atoms with Crippen molar-refractivity contribution < 1.29 is 23.7 Å². The van der Waals surface area contributed by atoms with E-state index in [0.717, 1.165) is 12.8 Å². The van der Waals surface area contributed by atoms with E-state index in [9.17, 15) is 4.79 Å². The van der Waals surface area contributed by atoms with Crippen molar-refractivity contribution in [3.8, 4) is 0 Å². The molecule has 0 unspecified atom stereocenters. The molecule has 132 valence electrons. The van der Waals surface area contributed by atoms with Crippen LogP contribution in [-0.2, 0) is 23.7 Å². The van der Waals surface area contributed by atoms with Gasteiger partial charge in [-0.2, -0.15) is 0 Å². The van der Waals surface area contributed by atoms with Crippen LogP contribution in [-0.4, -0.2) is 43.7 Å². The van der Waals surface area contributed by atoms with Crippen molar-refractivity contribution in [1.82, 2.24) is 0 Å². The van der Waals surface area contributed by atoms with Crippen LogP contribution in [0.3, 0.4) is 0 Å². The maximum atomic E-state index is 11.6. The van der Waals surface area contributed by atoms with Gasteiger partial charge in [-0.25, -0.2) is 4.79 Å². The largest absolute Gasteiger partial charge is 0.462 e. The van der Waals surface area contributed by atoms with Crippen molar-refractivity contribution in [3.05, 3.63) is 12.2 Å². The first-order valence-corrected chi connectivity index (χ1v) is 9.60. The summed E-state index contributed by atoms with van der Waals surface area (Å²) in [5.41, 5.74) is -0.378. The van der Waals surface area contributed by atoms with E-state index in [2.05, 4.69) is 22.9 Å². The van der Waals surface area contributed by atoms with Crippen molar-refractivity contribution in [2.75, 3.05) is 31.8 Å². The fourth-order valence-electron chi connectivity index (χ4n) is 2.75. The van der Waals surface area contributed by atoms with Gasteiger partial charge < -0.3 is 18.9 Å². The molecule has 0 aromatic carbocycles. The summed E-state index contributed by atoms with van der Waals surface area (Å²) in [5.74, 6) is -1.21. The Morgan fingerprint density at radius 1 is 1.13 bits per heavy atom. The highest BCUT2D eigenvalue weighted by Crippen LogP contribution is 2.41. The summed E-state index contributed by atoms with van der Waals surface area (Å²) >= 11 is 3.22. The molecule has 0 spiro atoms. The lowest BCUT2D eigenvalue weighted by Gasteiger charge is -2.50. The molecule has 5 nitrogen and oxygen atoms in total. The zero-order valence-electron chi connectivity index (χ0n) is 13.9. The lowest BCUT2D eigenvalue weighted by molar-refractivity contribution is -0.463. The van der Waals surface area contributed by atoms with Crippen LogP contribution in [0.4, 0.5) is 0 Å². The van der Waals surface area contributed by atoms with Crippen molar-refractivity contribution >= 4 is 21.9 Å². The summed E-state index contributed by atoms with van der Waals surface area (Å²) in [7, 11) is 0. The molecule has 23 heavy (non-hydrogen) atoms. The Morgan fingerprint density at radius 2 is 1.78 bits per heavy atom. The van der Waals surface area contributed by atoms with Crippen molar-refractivity contribution in [2.45, 2.75) is 51.4 Å². The quantitative estimate of drug-likeness (QED) is 0.247. The third-order valence-corrected chi connectivity index (χ3v) is 4.54. The number of hydrogen-bond acceptors (Lipinski definition) is 5. The van der Waals surface area contributed by atoms with Crippen LogP contribution in [0.5, 0.6) is 0 Å². The molecule has 0 aromatic rings. The average molecular weight is 391 g/mol. The lowest BCUT2D eigenvalue weighted by Crippen LogP contribution is -2.59. The van der Waals surface area contributed by atoms with E-state index in [1.54, 1.807) is 6.08 Å². The van der Waals surface area contributed by atoms with Gasteiger partial charge in [0.25, 0.3) is 5.97 Å². The zero-order valence-corrected chi connectivity index (χ0v) is 15.4. The van der Waals surface area contributed by atoms with Gasteiger partial charge in [-0.1, -0.05) is 54.6 Å². The average Bonchev–Trinajstić information content (AvgIpc) is 2.60. The Morgan fingerprint density at radius 3 is 2.39 bits per heavy atom. The van der Waals surface area contributed by atoms with E-state index in [1.807, 2.05) is 0 Å². The third-order valence-electron chi connectivity index (χ3n) is 4.22. The molecular formula is C17H27BrO5. The van der Waals surface area contributed by atoms with Gasteiger partial charge in [0.15, 0.2) is 0 Å². The van der Waals surface area contributed by atoms with E-state index < -0.39 is 5.97 Å². The second-order valence-electron chi connectivity index (χ2n) is 6.27. The van der Waals surface area contributed by atoms with E-state index in [0.29, 0.717) is 31.8 Å². The number of alkyl halides is 1. The molecule has 2 bridgehead atoms. The van der Waals surface area contributed by atoms with Crippen LogP contribution in [0.2, 0.25) is 0 Å². The summed E-state index contributed by atoms with van der Waals surface area (Å²) in [6.45, 7) is 4.12. The minimum absolute atomic E-state index is 0.350. The van der Waals surface area contributed by atoms with Gasteiger partial charge in [0.1, 0.15) is 6.61 Å². The molecule has 0 aromatic heterocycles. The van der Waals surface area contributed by atoms with Gasteiger partial charge in [0, 0.05) is 17.8 Å². The lowest BCUT2D eigenvalue weighted by atomic mass is 9.88. The maximum Gasteiger partial charge on any atom is 0.330 e. The first-order chi connectivity index (χ1) is 11.1. The van der Waals surface area contributed by atoms with Gasteiger partial charge in [0.2, 0.25) is 0 Å². The topological polar surface area (TPSA) is 54.0 Å². The molecule has 0 saturated carbocycles. The molecule has 0 N–H and O–H groups in total. The van der Waals surface area contributed by atoms with Gasteiger partial charge in [0.05, 0.1) is 25.2 Å². The molecule has 0 atom stereocenters. The summed E-state index contributed by atoms with van der Waals surface area (Å²) in [4.78, 5) is 11.6. The summed E-state index contributed by atoms with van der Waals surface area (Å²) in [6, 6.07) is 0. The molecule has 0 aliphatic carbocycles. The standard InChI is InChI=1S/C17H27BrO5/c1-2-3-4-5-6-8-17-21-12-16(13-22-17,14-23-17)9-7-15(19)20-11-10-18/h7,9H,2-6,8,10-14H2,1H3/b9-7+. The Kier molecular flexibility index (Phi) is 7.53. The van der Waals surface area contributed by atoms with Crippen LogP contribution < -0.4 is 0 Å². The molecule has 3 aliphatic rings. The Balaban J connectivity index is 1.75. The summed E-state index contributed by atoms with van der Waals surface area (Å²) < 4.78 is 22.5. The van der Waals surface area contributed by atoms with Crippen LogP contribution in [0.1, 0.15) is 45.4 Å². The van der Waals surface area contributed by atoms with E-state index in [1.165, 1.54) is 31.8 Å². The highest BCUT2D eigenvalue weighted by atomic mass is 79.9. The number of unbranched alkanes of at least 4 members (excludes halogenated alkanes) is 4. The van der Waals surface area contributed by atoms with Crippen LogP contribution in [0, 0.1) is 5.41 Å². The molecule has 3 rings (SSSR count). The number of fused-ring (bicyclic) bond motifs is 3.